The maximum Gasteiger partial charge on any atom is 0.307 e. The summed E-state index contributed by atoms with van der Waals surface area (Å²) in [5, 5.41) is 46.2. The van der Waals surface area contributed by atoms with Crippen LogP contribution in [0.4, 0.5) is 0 Å². The highest BCUT2D eigenvalue weighted by molar-refractivity contribution is 5.70. The molecule has 0 heterocycles. The number of carboxylic acid groups (broad SMARTS) is 1. The van der Waals surface area contributed by atoms with E-state index >= 15 is 0 Å². The van der Waals surface area contributed by atoms with E-state index in [0.717, 1.165) is 0 Å². The molecule has 0 fully saturated rings. The maximum atomic E-state index is 10.6. The van der Waals surface area contributed by atoms with Crippen molar-refractivity contribution in [3.8, 4) is 5.75 Å². The number of benzene rings is 1. The zero-order valence-electron chi connectivity index (χ0n) is 9.65. The van der Waals surface area contributed by atoms with Crippen LogP contribution in [0.25, 0.3) is 0 Å². The highest BCUT2D eigenvalue weighted by Crippen LogP contribution is 2.28. The molecule has 18 heavy (non-hydrogen) atoms. The number of aromatic hydroxyl groups is 1. The Labute approximate surface area is 104 Å². The lowest BCUT2D eigenvalue weighted by Gasteiger charge is -2.18. The second kappa shape index (κ2) is 6.34. The van der Waals surface area contributed by atoms with Crippen molar-refractivity contribution in [1.82, 2.24) is 0 Å². The molecule has 0 spiro atoms. The van der Waals surface area contributed by atoms with Crippen molar-refractivity contribution in [2.75, 3.05) is 6.61 Å². The summed E-state index contributed by atoms with van der Waals surface area (Å²) in [7, 11) is 0. The summed E-state index contributed by atoms with van der Waals surface area (Å²) in [4.78, 5) is 10.6. The first-order valence-corrected chi connectivity index (χ1v) is 5.46. The van der Waals surface area contributed by atoms with Gasteiger partial charge in [0.15, 0.2) is 0 Å². The van der Waals surface area contributed by atoms with E-state index < -0.39 is 18.2 Å². The van der Waals surface area contributed by atoms with Crippen LogP contribution in [0.5, 0.6) is 5.75 Å². The minimum Gasteiger partial charge on any atom is -0.508 e. The number of carboxylic acids is 1. The largest absolute Gasteiger partial charge is 0.508 e. The second-order valence-corrected chi connectivity index (χ2v) is 3.99. The SMILES string of the molecule is O=C(O)Cc1ccc(O)c(C(O)C(O)CCO)c1. The van der Waals surface area contributed by atoms with Gasteiger partial charge in [-0.2, -0.15) is 0 Å². The highest BCUT2D eigenvalue weighted by Gasteiger charge is 2.21. The van der Waals surface area contributed by atoms with Crippen LogP contribution in [0.15, 0.2) is 18.2 Å². The lowest BCUT2D eigenvalue weighted by molar-refractivity contribution is -0.136. The summed E-state index contributed by atoms with van der Waals surface area (Å²) in [6, 6.07) is 4.02. The Bertz CT molecular complexity index is 417. The number of hydrogen-bond acceptors (Lipinski definition) is 5. The first-order chi connectivity index (χ1) is 8.45. The average Bonchev–Trinajstić information content (AvgIpc) is 2.30. The second-order valence-electron chi connectivity index (χ2n) is 3.99. The van der Waals surface area contributed by atoms with Crippen LogP contribution < -0.4 is 0 Å². The average molecular weight is 256 g/mol. The van der Waals surface area contributed by atoms with Crippen LogP contribution in [-0.2, 0) is 11.2 Å². The Kier molecular flexibility index (Phi) is 5.08. The minimum atomic E-state index is -1.37. The van der Waals surface area contributed by atoms with Crippen molar-refractivity contribution in [2.24, 2.45) is 0 Å². The van der Waals surface area contributed by atoms with Crippen molar-refractivity contribution >= 4 is 5.97 Å². The lowest BCUT2D eigenvalue weighted by atomic mass is 9.98. The minimum absolute atomic E-state index is 0.0379. The number of hydrogen-bond donors (Lipinski definition) is 5. The van der Waals surface area contributed by atoms with Crippen LogP contribution in [0.3, 0.4) is 0 Å². The number of carbonyl (C=O) groups is 1. The van der Waals surface area contributed by atoms with Gasteiger partial charge in [-0.25, -0.2) is 0 Å². The van der Waals surface area contributed by atoms with Gasteiger partial charge in [0.25, 0.3) is 0 Å². The van der Waals surface area contributed by atoms with Gasteiger partial charge >= 0.3 is 5.97 Å². The van der Waals surface area contributed by atoms with Crippen LogP contribution >= 0.6 is 0 Å². The molecule has 100 valence electrons. The van der Waals surface area contributed by atoms with Crippen molar-refractivity contribution in [3.63, 3.8) is 0 Å². The number of aliphatic hydroxyl groups is 3. The molecule has 2 unspecified atom stereocenters. The molecule has 1 rings (SSSR count). The van der Waals surface area contributed by atoms with Gasteiger partial charge in [-0.15, -0.1) is 0 Å². The Morgan fingerprint density at radius 3 is 2.50 bits per heavy atom. The topological polar surface area (TPSA) is 118 Å². The smallest absolute Gasteiger partial charge is 0.307 e. The molecular weight excluding hydrogens is 240 g/mol. The molecular formula is C12H16O6. The molecule has 1 aromatic rings. The van der Waals surface area contributed by atoms with E-state index in [1.54, 1.807) is 0 Å². The number of phenols is 1. The fraction of sp³-hybridized carbons (Fsp3) is 0.417. The molecule has 6 nitrogen and oxygen atoms in total. The van der Waals surface area contributed by atoms with E-state index in [0.29, 0.717) is 5.56 Å². The summed E-state index contributed by atoms with van der Waals surface area (Å²) < 4.78 is 0. The van der Waals surface area contributed by atoms with Crippen molar-refractivity contribution in [2.45, 2.75) is 25.0 Å². The van der Waals surface area contributed by atoms with Crippen molar-refractivity contribution < 1.29 is 30.3 Å². The molecule has 1 aromatic carbocycles. The first-order valence-electron chi connectivity index (χ1n) is 5.46. The molecule has 0 aliphatic heterocycles. The third-order valence-electron chi connectivity index (χ3n) is 2.56. The predicted octanol–water partition coefficient (Wildman–Crippen LogP) is -0.204. The number of rotatable bonds is 6. The van der Waals surface area contributed by atoms with Gasteiger partial charge in [-0.05, 0) is 24.1 Å². The Morgan fingerprint density at radius 1 is 1.28 bits per heavy atom. The Hall–Kier alpha value is -1.63. The normalized spacial score (nSPS) is 14.2. The first kappa shape index (κ1) is 14.4. The monoisotopic (exact) mass is 256 g/mol. The summed E-state index contributed by atoms with van der Waals surface area (Å²) in [5.41, 5.74) is 0.459. The number of aliphatic hydroxyl groups excluding tert-OH is 3. The molecule has 0 aromatic heterocycles. The highest BCUT2D eigenvalue weighted by atomic mass is 16.4. The van der Waals surface area contributed by atoms with Crippen molar-refractivity contribution in [3.05, 3.63) is 29.3 Å². The van der Waals surface area contributed by atoms with Gasteiger partial charge in [0.1, 0.15) is 11.9 Å². The van der Waals surface area contributed by atoms with Gasteiger partial charge < -0.3 is 25.5 Å². The zero-order chi connectivity index (χ0) is 13.7. The number of phenolic OH excluding ortho intramolecular Hbond substituents is 1. The molecule has 6 heteroatoms. The molecule has 2 atom stereocenters. The fourth-order valence-electron chi connectivity index (χ4n) is 1.62. The van der Waals surface area contributed by atoms with Gasteiger partial charge in [-0.3, -0.25) is 4.79 Å². The van der Waals surface area contributed by atoms with Gasteiger partial charge in [-0.1, -0.05) is 6.07 Å². The summed E-state index contributed by atoms with van der Waals surface area (Å²) in [6.45, 7) is -0.298. The summed E-state index contributed by atoms with van der Waals surface area (Å²) in [5.74, 6) is -1.26. The maximum absolute atomic E-state index is 10.6. The molecule has 0 radical (unpaired) electrons. The summed E-state index contributed by atoms with van der Waals surface area (Å²) >= 11 is 0. The van der Waals surface area contributed by atoms with Crippen molar-refractivity contribution in [1.29, 1.82) is 0 Å². The fourth-order valence-corrected chi connectivity index (χ4v) is 1.62. The number of aliphatic carboxylic acids is 1. The van der Waals surface area contributed by atoms with Gasteiger partial charge in [0.2, 0.25) is 0 Å². The van der Waals surface area contributed by atoms with E-state index in [9.17, 15) is 20.1 Å². The zero-order valence-corrected chi connectivity index (χ0v) is 9.65. The quantitative estimate of drug-likeness (QED) is 0.481. The van der Waals surface area contributed by atoms with E-state index in [1.165, 1.54) is 18.2 Å². The van der Waals surface area contributed by atoms with Crippen LogP contribution in [0.1, 0.15) is 23.7 Å². The summed E-state index contributed by atoms with van der Waals surface area (Å²) in [6.07, 6.45) is -2.87. The van der Waals surface area contributed by atoms with E-state index in [4.69, 9.17) is 10.2 Å². The molecule has 0 saturated heterocycles. The van der Waals surface area contributed by atoms with E-state index in [2.05, 4.69) is 0 Å². The van der Waals surface area contributed by atoms with Gasteiger partial charge in [0.05, 0.1) is 12.5 Å². The van der Waals surface area contributed by atoms with Crippen LogP contribution in [0, 0.1) is 0 Å². The molecule has 0 bridgehead atoms. The molecule has 5 N–H and O–H groups in total. The van der Waals surface area contributed by atoms with Crippen LogP contribution in [0.2, 0.25) is 0 Å². The molecule has 0 aliphatic carbocycles. The standard InChI is InChI=1S/C12H16O6/c13-4-3-10(15)12(18)8-5-7(6-11(16)17)1-2-9(8)14/h1-2,5,10,12-15,18H,3-4,6H2,(H,16,17). The third kappa shape index (κ3) is 3.69. The van der Waals surface area contributed by atoms with E-state index in [1.807, 2.05) is 0 Å². The Morgan fingerprint density at radius 2 is 1.94 bits per heavy atom. The lowest BCUT2D eigenvalue weighted by Crippen LogP contribution is -2.19. The molecule has 0 aliphatic rings. The van der Waals surface area contributed by atoms with Gasteiger partial charge in [0, 0.05) is 12.2 Å². The molecule has 0 amide bonds. The Balaban J connectivity index is 2.95. The van der Waals surface area contributed by atoms with E-state index in [-0.39, 0.29) is 30.8 Å². The third-order valence-corrected chi connectivity index (χ3v) is 2.56. The van der Waals surface area contributed by atoms with Crippen LogP contribution in [-0.4, -0.2) is 44.2 Å². The predicted molar refractivity (Wildman–Crippen MR) is 62.1 cm³/mol. The molecule has 0 saturated carbocycles.